The van der Waals surface area contributed by atoms with Gasteiger partial charge in [-0.3, -0.25) is 0 Å². The first-order valence-corrected chi connectivity index (χ1v) is 8.26. The summed E-state index contributed by atoms with van der Waals surface area (Å²) in [5, 5.41) is 3.88. The van der Waals surface area contributed by atoms with Crippen LogP contribution in [0.25, 0.3) is 0 Å². The zero-order valence-electron chi connectivity index (χ0n) is 13.9. The fourth-order valence-electron chi connectivity index (χ4n) is 4.46. The van der Waals surface area contributed by atoms with Crippen LogP contribution in [0.5, 0.6) is 0 Å². The van der Waals surface area contributed by atoms with E-state index in [0.717, 1.165) is 18.5 Å². The van der Waals surface area contributed by atoms with Crippen molar-refractivity contribution in [1.82, 2.24) is 10.2 Å². The lowest BCUT2D eigenvalue weighted by molar-refractivity contribution is 0.118. The second kappa shape index (κ2) is 5.37. The van der Waals surface area contributed by atoms with E-state index in [4.69, 9.17) is 0 Å². The summed E-state index contributed by atoms with van der Waals surface area (Å²) < 4.78 is 0. The molecule has 0 aromatic heterocycles. The Kier molecular flexibility index (Phi) is 4.32. The van der Waals surface area contributed by atoms with Crippen LogP contribution in [-0.2, 0) is 0 Å². The van der Waals surface area contributed by atoms with E-state index in [9.17, 15) is 0 Å². The van der Waals surface area contributed by atoms with Crippen molar-refractivity contribution in [3.63, 3.8) is 0 Å². The number of rotatable bonds is 6. The predicted octanol–water partition coefficient (Wildman–Crippen LogP) is 3.52. The minimum Gasteiger partial charge on any atom is -0.312 e. The number of likely N-dealkylation sites (N-methyl/N-ethyl adjacent to an activating group) is 1. The topological polar surface area (TPSA) is 15.3 Å². The van der Waals surface area contributed by atoms with Gasteiger partial charge in [-0.2, -0.15) is 0 Å². The number of nitrogens with zero attached hydrogens (tertiary/aromatic N) is 1. The monoisotopic (exact) mass is 266 g/mol. The molecule has 0 aromatic rings. The molecule has 4 unspecified atom stereocenters. The summed E-state index contributed by atoms with van der Waals surface area (Å²) in [7, 11) is 2.25. The standard InChI is InChI=1S/C17H34N2/c1-7-13(2)19(6)11-10-18-15-12-14-8-9-17(15,5)16(14,3)4/h13-15,18H,7-12H2,1-6H3. The Bertz CT molecular complexity index is 312. The van der Waals surface area contributed by atoms with Crippen molar-refractivity contribution >= 4 is 0 Å². The number of hydrogen-bond donors (Lipinski definition) is 1. The molecular weight excluding hydrogens is 232 g/mol. The Hall–Kier alpha value is -0.0800. The van der Waals surface area contributed by atoms with Gasteiger partial charge in [0, 0.05) is 25.2 Å². The Balaban J connectivity index is 1.83. The zero-order valence-corrected chi connectivity index (χ0v) is 13.9. The van der Waals surface area contributed by atoms with Crippen LogP contribution < -0.4 is 5.32 Å². The average molecular weight is 266 g/mol. The van der Waals surface area contributed by atoms with Gasteiger partial charge in [0.1, 0.15) is 0 Å². The molecule has 2 heteroatoms. The first-order chi connectivity index (χ1) is 8.83. The molecule has 1 N–H and O–H groups in total. The minimum absolute atomic E-state index is 0.520. The first-order valence-electron chi connectivity index (χ1n) is 8.26. The van der Waals surface area contributed by atoms with Gasteiger partial charge in [-0.1, -0.05) is 27.7 Å². The van der Waals surface area contributed by atoms with Gasteiger partial charge in [0.05, 0.1) is 0 Å². The maximum absolute atomic E-state index is 3.88. The number of hydrogen-bond acceptors (Lipinski definition) is 2. The van der Waals surface area contributed by atoms with Gasteiger partial charge < -0.3 is 10.2 Å². The summed E-state index contributed by atoms with van der Waals surface area (Å²) in [4.78, 5) is 2.48. The molecule has 2 fully saturated rings. The highest BCUT2D eigenvalue weighted by atomic mass is 15.1. The van der Waals surface area contributed by atoms with Crippen molar-refractivity contribution in [2.75, 3.05) is 20.1 Å². The summed E-state index contributed by atoms with van der Waals surface area (Å²) in [6, 6.07) is 1.44. The highest BCUT2D eigenvalue weighted by Gasteiger charge is 2.60. The van der Waals surface area contributed by atoms with E-state index < -0.39 is 0 Å². The zero-order chi connectivity index (χ0) is 14.3. The smallest absolute Gasteiger partial charge is 0.0129 e. The molecule has 4 atom stereocenters. The summed E-state index contributed by atoms with van der Waals surface area (Å²) in [6.45, 7) is 14.4. The van der Waals surface area contributed by atoms with Gasteiger partial charge in [0.15, 0.2) is 0 Å². The molecule has 0 aromatic carbocycles. The molecule has 2 bridgehead atoms. The van der Waals surface area contributed by atoms with Crippen molar-refractivity contribution in [2.45, 2.75) is 72.4 Å². The average Bonchev–Trinajstić information content (AvgIpc) is 2.70. The largest absolute Gasteiger partial charge is 0.312 e. The van der Waals surface area contributed by atoms with Crippen LogP contribution >= 0.6 is 0 Å². The van der Waals surface area contributed by atoms with E-state index >= 15 is 0 Å². The normalized spacial score (nSPS) is 38.1. The summed E-state index contributed by atoms with van der Waals surface area (Å²) in [5.41, 5.74) is 1.06. The quantitative estimate of drug-likeness (QED) is 0.791. The molecule has 2 nitrogen and oxygen atoms in total. The Morgan fingerprint density at radius 2 is 2.00 bits per heavy atom. The van der Waals surface area contributed by atoms with Crippen molar-refractivity contribution in [2.24, 2.45) is 16.7 Å². The first kappa shape index (κ1) is 15.3. The van der Waals surface area contributed by atoms with Crippen molar-refractivity contribution in [1.29, 1.82) is 0 Å². The lowest BCUT2D eigenvalue weighted by atomic mass is 9.69. The maximum atomic E-state index is 3.88. The molecule has 2 rings (SSSR count). The van der Waals surface area contributed by atoms with E-state index in [1.54, 1.807) is 0 Å². The molecule has 0 amide bonds. The highest BCUT2D eigenvalue weighted by Crippen LogP contribution is 2.65. The third-order valence-electron chi connectivity index (χ3n) is 6.99. The number of fused-ring (bicyclic) bond motifs is 2. The van der Waals surface area contributed by atoms with E-state index in [1.165, 1.54) is 32.2 Å². The molecular formula is C17H34N2. The Labute approximate surface area is 120 Å². The minimum atomic E-state index is 0.520. The summed E-state index contributed by atoms with van der Waals surface area (Å²) in [5.74, 6) is 0.947. The Morgan fingerprint density at radius 1 is 1.32 bits per heavy atom. The molecule has 19 heavy (non-hydrogen) atoms. The molecule has 2 aliphatic rings. The fraction of sp³-hybridized carbons (Fsp3) is 1.00. The van der Waals surface area contributed by atoms with Gasteiger partial charge in [0.2, 0.25) is 0 Å². The van der Waals surface area contributed by atoms with Crippen molar-refractivity contribution < 1.29 is 0 Å². The molecule has 0 radical (unpaired) electrons. The van der Waals surface area contributed by atoms with Gasteiger partial charge in [0.25, 0.3) is 0 Å². The molecule has 0 saturated heterocycles. The fourth-order valence-corrected chi connectivity index (χ4v) is 4.46. The molecule has 0 spiro atoms. The second-order valence-corrected chi connectivity index (χ2v) is 7.86. The van der Waals surface area contributed by atoms with Crippen LogP contribution in [0.4, 0.5) is 0 Å². The molecule has 2 aliphatic carbocycles. The van der Waals surface area contributed by atoms with Crippen LogP contribution in [0.15, 0.2) is 0 Å². The van der Waals surface area contributed by atoms with Crippen molar-refractivity contribution in [3.8, 4) is 0 Å². The molecule has 0 aliphatic heterocycles. The van der Waals surface area contributed by atoms with Crippen LogP contribution in [-0.4, -0.2) is 37.1 Å². The summed E-state index contributed by atoms with van der Waals surface area (Å²) >= 11 is 0. The maximum Gasteiger partial charge on any atom is 0.0129 e. The Morgan fingerprint density at radius 3 is 2.47 bits per heavy atom. The number of nitrogens with one attached hydrogen (secondary N) is 1. The van der Waals surface area contributed by atoms with Gasteiger partial charge in [-0.25, -0.2) is 0 Å². The van der Waals surface area contributed by atoms with Crippen LogP contribution in [0, 0.1) is 16.7 Å². The predicted molar refractivity (Wildman–Crippen MR) is 83.4 cm³/mol. The van der Waals surface area contributed by atoms with E-state index in [-0.39, 0.29) is 0 Å². The highest BCUT2D eigenvalue weighted by molar-refractivity contribution is 5.12. The van der Waals surface area contributed by atoms with E-state index in [2.05, 4.69) is 51.9 Å². The second-order valence-electron chi connectivity index (χ2n) is 7.86. The molecule has 112 valence electrons. The third-order valence-corrected chi connectivity index (χ3v) is 6.99. The summed E-state index contributed by atoms with van der Waals surface area (Å²) in [6.07, 6.45) is 5.52. The molecule has 0 heterocycles. The van der Waals surface area contributed by atoms with Gasteiger partial charge in [-0.15, -0.1) is 0 Å². The van der Waals surface area contributed by atoms with Crippen LogP contribution in [0.1, 0.15) is 60.3 Å². The SMILES string of the molecule is CCC(C)N(C)CCNC1CC2CCC1(C)C2(C)C. The van der Waals surface area contributed by atoms with Crippen molar-refractivity contribution in [3.05, 3.63) is 0 Å². The van der Waals surface area contributed by atoms with Crippen LogP contribution in [0.3, 0.4) is 0 Å². The van der Waals surface area contributed by atoms with E-state index in [0.29, 0.717) is 16.9 Å². The molecule has 2 saturated carbocycles. The van der Waals surface area contributed by atoms with Crippen LogP contribution in [0.2, 0.25) is 0 Å². The van der Waals surface area contributed by atoms with Gasteiger partial charge in [-0.05, 0) is 56.4 Å². The lowest BCUT2D eigenvalue weighted by Crippen LogP contribution is -2.47. The third kappa shape index (κ3) is 2.47. The van der Waals surface area contributed by atoms with Gasteiger partial charge >= 0.3 is 0 Å². The lowest BCUT2D eigenvalue weighted by Gasteiger charge is -2.40. The van der Waals surface area contributed by atoms with E-state index in [1.807, 2.05) is 0 Å².